The first-order chi connectivity index (χ1) is 8.31. The van der Waals surface area contributed by atoms with Crippen molar-refractivity contribution in [3.8, 4) is 0 Å². The van der Waals surface area contributed by atoms with Crippen LogP contribution in [0.2, 0.25) is 5.02 Å². The lowest BCUT2D eigenvalue weighted by molar-refractivity contribution is -0.383. The topological polar surface area (TPSA) is 55.2 Å². The van der Waals surface area contributed by atoms with Gasteiger partial charge in [0, 0.05) is 13.0 Å². The summed E-state index contributed by atoms with van der Waals surface area (Å²) in [5.41, 5.74) is -0.208. The second kappa shape index (κ2) is 5.90. The predicted octanol–water partition coefficient (Wildman–Crippen LogP) is 4.00. The standard InChI is InChI=1S/C10H10ClF3N2O2/c11-7-3-1-4-8(9(7)16(17)18)15-6-2-5-10(12,13)14/h1,3-4,15H,2,5-6H2. The highest BCUT2D eigenvalue weighted by Crippen LogP contribution is 2.32. The quantitative estimate of drug-likeness (QED) is 0.504. The Hall–Kier alpha value is -1.50. The van der Waals surface area contributed by atoms with Crippen LogP contribution in [0, 0.1) is 10.1 Å². The second-order valence-corrected chi connectivity index (χ2v) is 3.95. The summed E-state index contributed by atoms with van der Waals surface area (Å²) in [5.74, 6) is 0. The molecule has 18 heavy (non-hydrogen) atoms. The summed E-state index contributed by atoms with van der Waals surface area (Å²) in [4.78, 5) is 10.1. The smallest absolute Gasteiger partial charge is 0.379 e. The lowest BCUT2D eigenvalue weighted by Gasteiger charge is -2.09. The third-order valence-corrected chi connectivity index (χ3v) is 2.43. The Morgan fingerprint density at radius 1 is 1.39 bits per heavy atom. The largest absolute Gasteiger partial charge is 0.389 e. The Morgan fingerprint density at radius 2 is 2.06 bits per heavy atom. The maximum Gasteiger partial charge on any atom is 0.389 e. The first kappa shape index (κ1) is 14.6. The van der Waals surface area contributed by atoms with Crippen LogP contribution in [0.5, 0.6) is 0 Å². The molecule has 1 rings (SSSR count). The summed E-state index contributed by atoms with van der Waals surface area (Å²) < 4.78 is 35.7. The summed E-state index contributed by atoms with van der Waals surface area (Å²) >= 11 is 5.65. The van der Waals surface area contributed by atoms with Gasteiger partial charge in [-0.25, -0.2) is 0 Å². The lowest BCUT2D eigenvalue weighted by atomic mass is 10.2. The third-order valence-electron chi connectivity index (χ3n) is 2.12. The van der Waals surface area contributed by atoms with Gasteiger partial charge in [0.2, 0.25) is 0 Å². The highest BCUT2D eigenvalue weighted by atomic mass is 35.5. The number of nitro groups is 1. The van der Waals surface area contributed by atoms with E-state index in [0.717, 1.165) is 0 Å². The van der Waals surface area contributed by atoms with Crippen molar-refractivity contribution in [3.05, 3.63) is 33.3 Å². The molecule has 4 nitrogen and oxygen atoms in total. The second-order valence-electron chi connectivity index (χ2n) is 3.54. The van der Waals surface area contributed by atoms with E-state index in [9.17, 15) is 23.3 Å². The molecule has 0 radical (unpaired) electrons. The van der Waals surface area contributed by atoms with Crippen molar-refractivity contribution in [3.63, 3.8) is 0 Å². The molecule has 100 valence electrons. The molecule has 0 amide bonds. The molecular formula is C10H10ClF3N2O2. The first-order valence-electron chi connectivity index (χ1n) is 5.05. The SMILES string of the molecule is O=[N+]([O-])c1c(Cl)cccc1NCCCC(F)(F)F. The van der Waals surface area contributed by atoms with Gasteiger partial charge < -0.3 is 5.32 Å². The van der Waals surface area contributed by atoms with E-state index < -0.39 is 17.5 Å². The fourth-order valence-electron chi connectivity index (χ4n) is 1.36. The van der Waals surface area contributed by atoms with Crippen molar-refractivity contribution >= 4 is 23.0 Å². The number of hydrogen-bond acceptors (Lipinski definition) is 3. The molecule has 1 aromatic carbocycles. The van der Waals surface area contributed by atoms with E-state index in [1.165, 1.54) is 18.2 Å². The molecule has 0 unspecified atom stereocenters. The molecule has 8 heteroatoms. The summed E-state index contributed by atoms with van der Waals surface area (Å²) in [5, 5.41) is 13.3. The number of hydrogen-bond donors (Lipinski definition) is 1. The van der Waals surface area contributed by atoms with Crippen LogP contribution in [0.4, 0.5) is 24.5 Å². The van der Waals surface area contributed by atoms with Gasteiger partial charge in [-0.2, -0.15) is 13.2 Å². The number of nitrogens with one attached hydrogen (secondary N) is 1. The van der Waals surface area contributed by atoms with Crippen molar-refractivity contribution in [1.82, 2.24) is 0 Å². The van der Waals surface area contributed by atoms with Gasteiger partial charge in [0.15, 0.2) is 0 Å². The van der Waals surface area contributed by atoms with E-state index >= 15 is 0 Å². The zero-order chi connectivity index (χ0) is 13.8. The third kappa shape index (κ3) is 4.40. The van der Waals surface area contributed by atoms with Crippen LogP contribution in [0.3, 0.4) is 0 Å². The van der Waals surface area contributed by atoms with E-state index in [4.69, 9.17) is 11.6 Å². The molecule has 0 spiro atoms. The summed E-state index contributed by atoms with van der Waals surface area (Å²) in [6.07, 6.45) is -5.32. The van der Waals surface area contributed by atoms with Gasteiger partial charge in [0.25, 0.3) is 0 Å². The molecule has 0 heterocycles. The van der Waals surface area contributed by atoms with Crippen LogP contribution in [0.25, 0.3) is 0 Å². The molecule has 0 aliphatic rings. The van der Waals surface area contributed by atoms with Gasteiger partial charge >= 0.3 is 11.9 Å². The number of anilines is 1. The van der Waals surface area contributed by atoms with Gasteiger partial charge in [0.1, 0.15) is 10.7 Å². The molecule has 0 fully saturated rings. The molecule has 1 N–H and O–H groups in total. The van der Waals surface area contributed by atoms with Gasteiger partial charge in [-0.1, -0.05) is 17.7 Å². The zero-order valence-electron chi connectivity index (χ0n) is 9.13. The van der Waals surface area contributed by atoms with Crippen LogP contribution >= 0.6 is 11.6 Å². The highest BCUT2D eigenvalue weighted by molar-refractivity contribution is 6.33. The van der Waals surface area contributed by atoms with Crippen molar-refractivity contribution in [1.29, 1.82) is 0 Å². The molecule has 0 aliphatic heterocycles. The van der Waals surface area contributed by atoms with Crippen molar-refractivity contribution in [2.75, 3.05) is 11.9 Å². The first-order valence-corrected chi connectivity index (χ1v) is 5.42. The molecule has 0 atom stereocenters. The van der Waals surface area contributed by atoms with Gasteiger partial charge in [-0.05, 0) is 18.6 Å². The van der Waals surface area contributed by atoms with E-state index in [2.05, 4.69) is 5.32 Å². The number of nitro benzene ring substituents is 1. The van der Waals surface area contributed by atoms with Gasteiger partial charge in [0.05, 0.1) is 4.92 Å². The molecule has 0 bridgehead atoms. The molecule has 0 aromatic heterocycles. The fraction of sp³-hybridized carbons (Fsp3) is 0.400. The Labute approximate surface area is 106 Å². The van der Waals surface area contributed by atoms with Crippen molar-refractivity contribution in [2.45, 2.75) is 19.0 Å². The maximum absolute atomic E-state index is 11.9. The van der Waals surface area contributed by atoms with Crippen LogP contribution in [0.1, 0.15) is 12.8 Å². The monoisotopic (exact) mass is 282 g/mol. The number of rotatable bonds is 5. The Kier molecular flexibility index (Phi) is 4.77. The van der Waals surface area contributed by atoms with Crippen LogP contribution in [-0.2, 0) is 0 Å². The summed E-state index contributed by atoms with van der Waals surface area (Å²) in [7, 11) is 0. The average Bonchev–Trinajstić information content (AvgIpc) is 2.22. The van der Waals surface area contributed by atoms with Gasteiger partial charge in [-0.3, -0.25) is 10.1 Å². The number of alkyl halides is 3. The summed E-state index contributed by atoms with van der Waals surface area (Å²) in [6, 6.07) is 4.24. The van der Waals surface area contributed by atoms with Crippen molar-refractivity contribution in [2.24, 2.45) is 0 Å². The minimum atomic E-state index is -4.22. The molecule has 0 saturated carbocycles. The van der Waals surface area contributed by atoms with E-state index in [1.54, 1.807) is 0 Å². The predicted molar refractivity (Wildman–Crippen MR) is 61.9 cm³/mol. The normalized spacial score (nSPS) is 11.3. The van der Waals surface area contributed by atoms with E-state index in [0.29, 0.717) is 0 Å². The number of para-hydroxylation sites is 1. The average molecular weight is 283 g/mol. The van der Waals surface area contributed by atoms with Gasteiger partial charge in [-0.15, -0.1) is 0 Å². The number of nitrogens with zero attached hydrogens (tertiary/aromatic N) is 1. The van der Waals surface area contributed by atoms with Crippen LogP contribution in [-0.4, -0.2) is 17.6 Å². The molecular weight excluding hydrogens is 273 g/mol. The maximum atomic E-state index is 11.9. The molecule has 0 saturated heterocycles. The van der Waals surface area contributed by atoms with E-state index in [-0.39, 0.29) is 29.4 Å². The minimum absolute atomic E-state index is 0.0132. The van der Waals surface area contributed by atoms with Crippen LogP contribution in [0.15, 0.2) is 18.2 Å². The number of benzene rings is 1. The Balaban J connectivity index is 2.63. The fourth-order valence-corrected chi connectivity index (χ4v) is 1.60. The van der Waals surface area contributed by atoms with Crippen molar-refractivity contribution < 1.29 is 18.1 Å². The van der Waals surface area contributed by atoms with E-state index in [1.807, 2.05) is 0 Å². The summed E-state index contributed by atoms with van der Waals surface area (Å²) in [6.45, 7) is -0.0132. The lowest BCUT2D eigenvalue weighted by Crippen LogP contribution is -2.11. The Bertz CT molecular complexity index is 438. The Morgan fingerprint density at radius 3 is 2.61 bits per heavy atom. The molecule has 0 aliphatic carbocycles. The molecule has 1 aromatic rings. The minimum Gasteiger partial charge on any atom is -0.379 e. The van der Waals surface area contributed by atoms with Crippen LogP contribution < -0.4 is 5.32 Å². The number of halogens is 4. The highest BCUT2D eigenvalue weighted by Gasteiger charge is 2.26. The zero-order valence-corrected chi connectivity index (χ0v) is 9.88.